The van der Waals surface area contributed by atoms with Gasteiger partial charge >= 0.3 is 0 Å². The zero-order valence-electron chi connectivity index (χ0n) is 5.81. The average Bonchev–Trinajstić information content (AvgIpc) is 2.07. The molecule has 1 rings (SSSR count). The van der Waals surface area contributed by atoms with Crippen molar-refractivity contribution in [3.05, 3.63) is 12.4 Å². The Bertz CT molecular complexity index is 276. The minimum absolute atomic E-state index is 0.223. The summed E-state index contributed by atoms with van der Waals surface area (Å²) in [4.78, 5) is 20.5. The summed E-state index contributed by atoms with van der Waals surface area (Å²) in [5.41, 5.74) is 0. The molecule has 0 aromatic carbocycles. The van der Waals surface area contributed by atoms with Crippen LogP contribution in [0.5, 0.6) is 5.88 Å². The van der Waals surface area contributed by atoms with Crippen LogP contribution in [0, 0.1) is 0 Å². The molecule has 0 spiro atoms. The van der Waals surface area contributed by atoms with Crippen LogP contribution in [-0.2, 0) is 4.79 Å². The quantitative estimate of drug-likeness (QED) is 0.454. The molecule has 5 nitrogen and oxygen atoms in total. The van der Waals surface area contributed by atoms with Gasteiger partial charge < -0.3 is 4.74 Å². The SMILES string of the molecule is COc1cnc(N=C=O)cn1. The number of ether oxygens (including phenoxy) is 1. The lowest BCUT2D eigenvalue weighted by atomic mass is 10.6. The number of nitrogens with zero attached hydrogens (tertiary/aromatic N) is 3. The fourth-order valence-electron chi connectivity index (χ4n) is 0.519. The van der Waals surface area contributed by atoms with E-state index >= 15 is 0 Å². The Balaban J connectivity index is 2.91. The highest BCUT2D eigenvalue weighted by molar-refractivity contribution is 5.43. The van der Waals surface area contributed by atoms with Crippen molar-refractivity contribution < 1.29 is 9.53 Å². The second-order valence-corrected chi connectivity index (χ2v) is 1.62. The van der Waals surface area contributed by atoms with Crippen molar-refractivity contribution in [2.75, 3.05) is 7.11 Å². The molecule has 1 heterocycles. The summed E-state index contributed by atoms with van der Waals surface area (Å²) in [6, 6.07) is 0. The third kappa shape index (κ3) is 1.84. The number of hydrogen-bond acceptors (Lipinski definition) is 5. The van der Waals surface area contributed by atoms with Crippen molar-refractivity contribution in [3.63, 3.8) is 0 Å². The van der Waals surface area contributed by atoms with Crippen LogP contribution in [0.1, 0.15) is 0 Å². The van der Waals surface area contributed by atoms with E-state index in [4.69, 9.17) is 4.74 Å². The number of isocyanates is 1. The van der Waals surface area contributed by atoms with E-state index in [0.29, 0.717) is 5.88 Å². The molecule has 0 amide bonds. The van der Waals surface area contributed by atoms with Crippen molar-refractivity contribution in [2.24, 2.45) is 4.99 Å². The van der Waals surface area contributed by atoms with Crippen molar-refractivity contribution in [2.45, 2.75) is 0 Å². The van der Waals surface area contributed by atoms with Gasteiger partial charge in [-0.25, -0.2) is 14.8 Å². The van der Waals surface area contributed by atoms with E-state index in [2.05, 4.69) is 15.0 Å². The van der Waals surface area contributed by atoms with Crippen molar-refractivity contribution in [1.82, 2.24) is 9.97 Å². The highest BCUT2D eigenvalue weighted by Gasteiger charge is 1.92. The van der Waals surface area contributed by atoms with Gasteiger partial charge in [-0.15, -0.1) is 4.99 Å². The first-order chi connectivity index (χ1) is 5.36. The number of hydrogen-bond donors (Lipinski definition) is 0. The lowest BCUT2D eigenvalue weighted by molar-refractivity contribution is 0.396. The highest BCUT2D eigenvalue weighted by Crippen LogP contribution is 2.07. The Labute approximate surface area is 62.8 Å². The van der Waals surface area contributed by atoms with Crippen molar-refractivity contribution >= 4 is 11.9 Å². The van der Waals surface area contributed by atoms with Gasteiger partial charge in [0.05, 0.1) is 19.5 Å². The molecule has 0 fully saturated rings. The molecule has 1 aromatic rings. The summed E-state index contributed by atoms with van der Waals surface area (Å²) in [6.07, 6.45) is 4.05. The van der Waals surface area contributed by atoms with Crippen LogP contribution >= 0.6 is 0 Å². The summed E-state index contributed by atoms with van der Waals surface area (Å²) in [7, 11) is 1.48. The van der Waals surface area contributed by atoms with Gasteiger partial charge in [0.25, 0.3) is 0 Å². The first kappa shape index (κ1) is 7.37. The Hall–Kier alpha value is -1.74. The van der Waals surface area contributed by atoms with Gasteiger partial charge in [-0.2, -0.15) is 0 Å². The highest BCUT2D eigenvalue weighted by atomic mass is 16.5. The number of methoxy groups -OCH3 is 1. The summed E-state index contributed by atoms with van der Waals surface area (Å²) in [5.74, 6) is 0.607. The predicted octanol–water partition coefficient (Wildman–Crippen LogP) is 0.452. The van der Waals surface area contributed by atoms with Gasteiger partial charge in [-0.05, 0) is 0 Å². The maximum atomic E-state index is 9.74. The molecule has 0 saturated heterocycles. The smallest absolute Gasteiger partial charge is 0.242 e. The number of aromatic nitrogens is 2. The molecule has 0 aliphatic heterocycles. The second-order valence-electron chi connectivity index (χ2n) is 1.62. The summed E-state index contributed by atoms with van der Waals surface area (Å²) in [5, 5.41) is 0. The molecule has 56 valence electrons. The molecule has 0 aliphatic rings. The molecular weight excluding hydrogens is 146 g/mol. The zero-order chi connectivity index (χ0) is 8.10. The van der Waals surface area contributed by atoms with Crippen LogP contribution in [0.3, 0.4) is 0 Å². The Kier molecular flexibility index (Phi) is 2.30. The number of carbonyl (C=O) groups excluding carboxylic acids is 1. The van der Waals surface area contributed by atoms with Gasteiger partial charge in [0, 0.05) is 0 Å². The maximum Gasteiger partial charge on any atom is 0.242 e. The van der Waals surface area contributed by atoms with Crippen LogP contribution < -0.4 is 4.74 Å². The summed E-state index contributed by atoms with van der Waals surface area (Å²) < 4.78 is 4.73. The van der Waals surface area contributed by atoms with Crippen LogP contribution in [0.25, 0.3) is 0 Å². The molecule has 0 N–H and O–H groups in total. The predicted molar refractivity (Wildman–Crippen MR) is 36.4 cm³/mol. The molecule has 0 radical (unpaired) electrons. The molecule has 0 bridgehead atoms. The fraction of sp³-hybridized carbons (Fsp3) is 0.167. The van der Waals surface area contributed by atoms with Crippen LogP contribution in [0.2, 0.25) is 0 Å². The van der Waals surface area contributed by atoms with Gasteiger partial charge in [0.15, 0.2) is 5.82 Å². The molecule has 0 unspecified atom stereocenters. The zero-order valence-corrected chi connectivity index (χ0v) is 5.81. The molecule has 5 heteroatoms. The van der Waals surface area contributed by atoms with E-state index in [1.807, 2.05) is 0 Å². The third-order valence-corrected chi connectivity index (χ3v) is 0.984. The normalized spacial score (nSPS) is 8.45. The van der Waals surface area contributed by atoms with Gasteiger partial charge in [0.2, 0.25) is 12.0 Å². The lowest BCUT2D eigenvalue weighted by Crippen LogP contribution is -1.87. The molecule has 0 aliphatic carbocycles. The largest absolute Gasteiger partial charge is 0.480 e. The Morgan fingerprint density at radius 2 is 2.36 bits per heavy atom. The Morgan fingerprint density at radius 3 is 2.82 bits per heavy atom. The maximum absolute atomic E-state index is 9.74. The molecule has 11 heavy (non-hydrogen) atoms. The van der Waals surface area contributed by atoms with E-state index in [1.54, 1.807) is 0 Å². The van der Waals surface area contributed by atoms with E-state index in [0.717, 1.165) is 0 Å². The van der Waals surface area contributed by atoms with Gasteiger partial charge in [-0.1, -0.05) is 0 Å². The first-order valence-corrected chi connectivity index (χ1v) is 2.80. The minimum Gasteiger partial charge on any atom is -0.480 e. The second kappa shape index (κ2) is 3.43. The average molecular weight is 151 g/mol. The number of aliphatic imine (C=N–C) groups is 1. The Morgan fingerprint density at radius 1 is 1.55 bits per heavy atom. The van der Waals surface area contributed by atoms with Crippen LogP contribution in [0.15, 0.2) is 17.4 Å². The van der Waals surface area contributed by atoms with E-state index in [1.165, 1.54) is 25.6 Å². The molecule has 0 atom stereocenters. The van der Waals surface area contributed by atoms with E-state index < -0.39 is 0 Å². The topological polar surface area (TPSA) is 64.4 Å². The molecule has 1 aromatic heterocycles. The minimum atomic E-state index is 0.223. The van der Waals surface area contributed by atoms with Crippen LogP contribution in [0.4, 0.5) is 5.82 Å². The van der Waals surface area contributed by atoms with E-state index in [9.17, 15) is 4.79 Å². The van der Waals surface area contributed by atoms with Gasteiger partial charge in [-0.3, -0.25) is 0 Å². The molecule has 0 saturated carbocycles. The standard InChI is InChI=1S/C6H5N3O2/c1-11-6-3-7-5(2-8-6)9-4-10/h2-3H,1H3. The first-order valence-electron chi connectivity index (χ1n) is 2.80. The third-order valence-electron chi connectivity index (χ3n) is 0.984. The van der Waals surface area contributed by atoms with Crippen molar-refractivity contribution in [1.29, 1.82) is 0 Å². The lowest BCUT2D eigenvalue weighted by Gasteiger charge is -1.94. The summed E-state index contributed by atoms with van der Waals surface area (Å²) >= 11 is 0. The molecular formula is C6H5N3O2. The van der Waals surface area contributed by atoms with E-state index in [-0.39, 0.29) is 5.82 Å². The number of rotatable bonds is 2. The van der Waals surface area contributed by atoms with Gasteiger partial charge in [0.1, 0.15) is 0 Å². The van der Waals surface area contributed by atoms with Crippen molar-refractivity contribution in [3.8, 4) is 5.88 Å². The monoisotopic (exact) mass is 151 g/mol. The van der Waals surface area contributed by atoms with Crippen LogP contribution in [-0.4, -0.2) is 23.2 Å². The summed E-state index contributed by atoms with van der Waals surface area (Å²) in [6.45, 7) is 0. The fourth-order valence-corrected chi connectivity index (χ4v) is 0.519.